The van der Waals surface area contributed by atoms with Crippen LogP contribution in [0.15, 0.2) is 71.6 Å². The maximum Gasteiger partial charge on any atom is 0.294 e. The molecule has 0 aliphatic carbocycles. The summed E-state index contributed by atoms with van der Waals surface area (Å²) in [5.74, 6) is -0.413. The van der Waals surface area contributed by atoms with E-state index in [-0.39, 0.29) is 17.2 Å². The molecule has 200 valence electrons. The number of thioether (sulfide) groups is 1. The second kappa shape index (κ2) is 12.5. The van der Waals surface area contributed by atoms with Crippen LogP contribution in [0.2, 0.25) is 5.02 Å². The van der Waals surface area contributed by atoms with E-state index in [0.29, 0.717) is 39.9 Å². The van der Waals surface area contributed by atoms with Crippen LogP contribution in [0.1, 0.15) is 18.1 Å². The molecule has 0 atom stereocenters. The third-order valence-electron chi connectivity index (χ3n) is 5.42. The number of halogens is 1. The van der Waals surface area contributed by atoms with Gasteiger partial charge in [0, 0.05) is 16.8 Å². The molecule has 1 saturated heterocycles. The van der Waals surface area contributed by atoms with Gasteiger partial charge in [0.25, 0.3) is 16.8 Å². The minimum absolute atomic E-state index is 0.0489. The van der Waals surface area contributed by atoms with Gasteiger partial charge in [-0.15, -0.1) is 0 Å². The molecule has 3 aromatic rings. The summed E-state index contributed by atoms with van der Waals surface area (Å²) in [4.78, 5) is 49.6. The predicted octanol–water partition coefficient (Wildman–Crippen LogP) is 5.90. The number of hydrogen-bond acceptors (Lipinski definition) is 8. The third-order valence-corrected chi connectivity index (χ3v) is 6.56. The van der Waals surface area contributed by atoms with Gasteiger partial charge in [-0.1, -0.05) is 35.9 Å². The van der Waals surface area contributed by atoms with Gasteiger partial charge in [-0.25, -0.2) is 0 Å². The molecule has 10 nitrogen and oxygen atoms in total. The van der Waals surface area contributed by atoms with Crippen LogP contribution in [0.5, 0.6) is 11.5 Å². The van der Waals surface area contributed by atoms with Gasteiger partial charge in [0.15, 0.2) is 11.5 Å². The van der Waals surface area contributed by atoms with Crippen molar-refractivity contribution < 1.29 is 28.8 Å². The maximum absolute atomic E-state index is 12.9. The molecule has 0 unspecified atom stereocenters. The van der Waals surface area contributed by atoms with Crippen molar-refractivity contribution in [3.63, 3.8) is 0 Å². The Bertz CT molecular complexity index is 1480. The molecule has 3 amide bonds. The lowest BCUT2D eigenvalue weighted by Gasteiger charge is -2.13. The SMILES string of the molecule is CCOc1cc(/C=C2/SC(=O)N(CC(=O)Nc3cccc(Cl)c3)C2=O)ccc1OCc1ccccc1[N+](=O)[O-]. The van der Waals surface area contributed by atoms with Crippen molar-refractivity contribution in [1.82, 2.24) is 4.90 Å². The first kappa shape index (κ1) is 27.7. The molecule has 0 bridgehead atoms. The fourth-order valence-corrected chi connectivity index (χ4v) is 4.70. The van der Waals surface area contributed by atoms with Crippen LogP contribution in [0, 0.1) is 10.1 Å². The first-order valence-corrected chi connectivity index (χ1v) is 12.9. The van der Waals surface area contributed by atoms with Crippen LogP contribution in [-0.4, -0.2) is 40.0 Å². The Balaban J connectivity index is 1.46. The number of carbonyl (C=O) groups excluding carboxylic acids is 3. The van der Waals surface area contributed by atoms with E-state index in [2.05, 4.69) is 5.32 Å². The molecule has 12 heteroatoms. The Labute approximate surface area is 232 Å². The molecule has 1 fully saturated rings. The van der Waals surface area contributed by atoms with Crippen molar-refractivity contribution in [3.8, 4) is 11.5 Å². The average molecular weight is 568 g/mol. The van der Waals surface area contributed by atoms with Gasteiger partial charge in [-0.3, -0.25) is 29.4 Å². The lowest BCUT2D eigenvalue weighted by Crippen LogP contribution is -2.36. The first-order valence-electron chi connectivity index (χ1n) is 11.7. The number of benzene rings is 3. The number of anilines is 1. The van der Waals surface area contributed by atoms with Crippen LogP contribution in [0.25, 0.3) is 6.08 Å². The van der Waals surface area contributed by atoms with Gasteiger partial charge in [0.05, 0.1) is 22.0 Å². The van der Waals surface area contributed by atoms with E-state index in [0.717, 1.165) is 16.7 Å². The lowest BCUT2D eigenvalue weighted by molar-refractivity contribution is -0.385. The number of ether oxygens (including phenoxy) is 2. The summed E-state index contributed by atoms with van der Waals surface area (Å²) in [6.07, 6.45) is 1.52. The monoisotopic (exact) mass is 567 g/mol. The van der Waals surface area contributed by atoms with Crippen LogP contribution >= 0.6 is 23.4 Å². The molecule has 0 radical (unpaired) electrons. The summed E-state index contributed by atoms with van der Waals surface area (Å²) in [5.41, 5.74) is 1.36. The van der Waals surface area contributed by atoms with Gasteiger partial charge >= 0.3 is 0 Å². The second-order valence-corrected chi connectivity index (χ2v) is 9.57. The van der Waals surface area contributed by atoms with Gasteiger partial charge in [0.2, 0.25) is 5.91 Å². The van der Waals surface area contributed by atoms with E-state index in [9.17, 15) is 24.5 Å². The van der Waals surface area contributed by atoms with E-state index < -0.39 is 28.5 Å². The van der Waals surface area contributed by atoms with Gasteiger partial charge < -0.3 is 14.8 Å². The molecule has 39 heavy (non-hydrogen) atoms. The first-order chi connectivity index (χ1) is 18.7. The number of nitrogens with one attached hydrogen (secondary N) is 1. The topological polar surface area (TPSA) is 128 Å². The fourth-order valence-electron chi connectivity index (χ4n) is 3.67. The highest BCUT2D eigenvalue weighted by Crippen LogP contribution is 2.35. The predicted molar refractivity (Wildman–Crippen MR) is 148 cm³/mol. The molecule has 1 aliphatic heterocycles. The van der Waals surface area contributed by atoms with Crippen molar-refractivity contribution >= 4 is 57.9 Å². The molecule has 4 rings (SSSR count). The zero-order valence-electron chi connectivity index (χ0n) is 20.6. The number of rotatable bonds is 10. The molecule has 1 aliphatic rings. The maximum atomic E-state index is 12.9. The van der Waals surface area contributed by atoms with E-state index in [1.807, 2.05) is 0 Å². The number of hydrogen-bond donors (Lipinski definition) is 1. The van der Waals surface area contributed by atoms with Gasteiger partial charge in [0.1, 0.15) is 13.2 Å². The number of nitro benzene ring substituents is 1. The number of amides is 3. The standard InChI is InChI=1S/C27H22ClN3O7S/c1-2-37-23-12-17(10-11-22(23)38-16-18-6-3-4-9-21(18)31(35)36)13-24-26(33)30(27(34)39-24)15-25(32)29-20-8-5-7-19(28)14-20/h3-14H,2,15-16H2,1H3,(H,29,32)/b24-13+. The highest BCUT2D eigenvalue weighted by molar-refractivity contribution is 8.18. The number of para-hydroxylation sites is 1. The molecule has 0 spiro atoms. The summed E-state index contributed by atoms with van der Waals surface area (Å²) in [6, 6.07) is 17.7. The van der Waals surface area contributed by atoms with E-state index in [1.54, 1.807) is 67.6 Å². The summed E-state index contributed by atoms with van der Waals surface area (Å²) in [5, 5.41) is 13.8. The zero-order chi connectivity index (χ0) is 27.9. The molecule has 3 aromatic carbocycles. The quantitative estimate of drug-likeness (QED) is 0.182. The molecular formula is C27H22ClN3O7S. The number of nitro groups is 1. The van der Waals surface area contributed by atoms with E-state index in [4.69, 9.17) is 21.1 Å². The van der Waals surface area contributed by atoms with Crippen LogP contribution in [-0.2, 0) is 16.2 Å². The van der Waals surface area contributed by atoms with E-state index in [1.165, 1.54) is 12.1 Å². The lowest BCUT2D eigenvalue weighted by atomic mass is 10.1. The smallest absolute Gasteiger partial charge is 0.294 e. The normalized spacial score (nSPS) is 14.0. The highest BCUT2D eigenvalue weighted by atomic mass is 35.5. The van der Waals surface area contributed by atoms with Crippen molar-refractivity contribution in [3.05, 3.63) is 97.9 Å². The van der Waals surface area contributed by atoms with Crippen LogP contribution in [0.4, 0.5) is 16.2 Å². The van der Waals surface area contributed by atoms with E-state index >= 15 is 0 Å². The molecule has 0 aromatic heterocycles. The van der Waals surface area contributed by atoms with Crippen LogP contribution in [0.3, 0.4) is 0 Å². The summed E-state index contributed by atoms with van der Waals surface area (Å²) in [6.45, 7) is 1.62. The number of imide groups is 1. The van der Waals surface area contributed by atoms with Crippen molar-refractivity contribution in [2.75, 3.05) is 18.5 Å². The van der Waals surface area contributed by atoms with Crippen molar-refractivity contribution in [1.29, 1.82) is 0 Å². The summed E-state index contributed by atoms with van der Waals surface area (Å²) < 4.78 is 11.5. The molecular weight excluding hydrogens is 546 g/mol. The highest BCUT2D eigenvalue weighted by Gasteiger charge is 2.36. The van der Waals surface area contributed by atoms with Crippen molar-refractivity contribution in [2.24, 2.45) is 0 Å². The Morgan fingerprint density at radius 2 is 1.87 bits per heavy atom. The number of carbonyl (C=O) groups is 3. The van der Waals surface area contributed by atoms with Crippen molar-refractivity contribution in [2.45, 2.75) is 13.5 Å². The minimum atomic E-state index is -0.596. The fraction of sp³-hybridized carbons (Fsp3) is 0.148. The van der Waals surface area contributed by atoms with Gasteiger partial charge in [-0.05, 0) is 66.7 Å². The Kier molecular flexibility index (Phi) is 8.84. The molecule has 1 heterocycles. The Hall–Kier alpha value is -4.35. The Morgan fingerprint density at radius 1 is 1.08 bits per heavy atom. The minimum Gasteiger partial charge on any atom is -0.490 e. The molecule has 0 saturated carbocycles. The van der Waals surface area contributed by atoms with Gasteiger partial charge in [-0.2, -0.15) is 0 Å². The Morgan fingerprint density at radius 3 is 2.62 bits per heavy atom. The number of nitrogens with zero attached hydrogens (tertiary/aromatic N) is 2. The summed E-state index contributed by atoms with van der Waals surface area (Å²) in [7, 11) is 0. The molecule has 1 N–H and O–H groups in total. The van der Waals surface area contributed by atoms with Crippen LogP contribution < -0.4 is 14.8 Å². The summed E-state index contributed by atoms with van der Waals surface area (Å²) >= 11 is 6.65. The zero-order valence-corrected chi connectivity index (χ0v) is 22.2. The third kappa shape index (κ3) is 6.95. The average Bonchev–Trinajstić information content (AvgIpc) is 3.15. The second-order valence-electron chi connectivity index (χ2n) is 8.14. The largest absolute Gasteiger partial charge is 0.490 e.